The second kappa shape index (κ2) is 5.16. The lowest BCUT2D eigenvalue weighted by Gasteiger charge is -2.26. The van der Waals surface area contributed by atoms with Crippen LogP contribution in [0.2, 0.25) is 0 Å². The molecule has 2 aromatic carbocycles. The minimum absolute atomic E-state index is 0.137. The van der Waals surface area contributed by atoms with Crippen molar-refractivity contribution in [3.63, 3.8) is 0 Å². The van der Waals surface area contributed by atoms with Crippen molar-refractivity contribution in [2.75, 3.05) is 16.8 Å². The summed E-state index contributed by atoms with van der Waals surface area (Å²) in [6, 6.07) is 14.5. The molecule has 2 heterocycles. The first-order valence-electron chi connectivity index (χ1n) is 8.03. The highest BCUT2D eigenvalue weighted by Gasteiger charge is 2.32. The molecule has 1 atom stereocenters. The maximum Gasteiger partial charge on any atom is 0.258 e. The molecule has 0 saturated carbocycles. The van der Waals surface area contributed by atoms with Crippen molar-refractivity contribution in [1.82, 2.24) is 0 Å². The summed E-state index contributed by atoms with van der Waals surface area (Å²) in [6.45, 7) is 3.12. The number of nitrogens with zero attached hydrogens (tertiary/aromatic N) is 1. The zero-order valence-corrected chi connectivity index (χ0v) is 12.8. The van der Waals surface area contributed by atoms with E-state index in [2.05, 4.69) is 30.4 Å². The van der Waals surface area contributed by atoms with Crippen LogP contribution in [0.4, 0.5) is 11.4 Å². The molecule has 0 aliphatic carbocycles. The average Bonchev–Trinajstić information content (AvgIpc) is 2.89. The standard InChI is InChI=1S/C19H20N2O/c1-13-12-14-6-2-3-10-18(14)21(13)19(22)16-7-4-9-17-15(16)8-5-11-20-17/h2-4,6-7,9-10,13,20H,5,8,11-12H2,1H3. The van der Waals surface area contributed by atoms with Gasteiger partial charge in [0, 0.05) is 29.5 Å². The molecule has 0 fully saturated rings. The van der Waals surface area contributed by atoms with E-state index in [4.69, 9.17) is 0 Å². The highest BCUT2D eigenvalue weighted by atomic mass is 16.2. The fourth-order valence-corrected chi connectivity index (χ4v) is 3.72. The van der Waals surface area contributed by atoms with Gasteiger partial charge in [-0.1, -0.05) is 24.3 Å². The lowest BCUT2D eigenvalue weighted by atomic mass is 9.96. The molecule has 1 unspecified atom stereocenters. The molecule has 2 aliphatic heterocycles. The lowest BCUT2D eigenvalue weighted by molar-refractivity contribution is 0.0980. The molecule has 0 saturated heterocycles. The molecule has 0 radical (unpaired) electrons. The number of hydrogen-bond acceptors (Lipinski definition) is 2. The van der Waals surface area contributed by atoms with Gasteiger partial charge < -0.3 is 10.2 Å². The number of benzene rings is 2. The molecule has 0 aromatic heterocycles. The molecular weight excluding hydrogens is 272 g/mol. The van der Waals surface area contributed by atoms with E-state index in [1.54, 1.807) is 0 Å². The highest BCUT2D eigenvalue weighted by Crippen LogP contribution is 2.35. The fourth-order valence-electron chi connectivity index (χ4n) is 3.72. The van der Waals surface area contributed by atoms with Crippen LogP contribution in [-0.4, -0.2) is 18.5 Å². The van der Waals surface area contributed by atoms with Crippen LogP contribution in [0, 0.1) is 0 Å². The van der Waals surface area contributed by atoms with Gasteiger partial charge in [-0.3, -0.25) is 4.79 Å². The van der Waals surface area contributed by atoms with Gasteiger partial charge in [-0.15, -0.1) is 0 Å². The summed E-state index contributed by atoms with van der Waals surface area (Å²) in [5.74, 6) is 0.137. The van der Waals surface area contributed by atoms with Crippen LogP contribution in [-0.2, 0) is 12.8 Å². The number of carbonyl (C=O) groups excluding carboxylic acids is 1. The van der Waals surface area contributed by atoms with Crippen molar-refractivity contribution in [2.45, 2.75) is 32.2 Å². The average molecular weight is 292 g/mol. The van der Waals surface area contributed by atoms with Gasteiger partial charge in [0.05, 0.1) is 0 Å². The Morgan fingerprint density at radius 3 is 2.95 bits per heavy atom. The van der Waals surface area contributed by atoms with E-state index in [0.29, 0.717) is 0 Å². The van der Waals surface area contributed by atoms with E-state index >= 15 is 0 Å². The van der Waals surface area contributed by atoms with Crippen LogP contribution in [0.3, 0.4) is 0 Å². The summed E-state index contributed by atoms with van der Waals surface area (Å²) >= 11 is 0. The summed E-state index contributed by atoms with van der Waals surface area (Å²) < 4.78 is 0. The maximum atomic E-state index is 13.2. The Balaban J connectivity index is 1.77. The van der Waals surface area contributed by atoms with Crippen LogP contribution in [0.25, 0.3) is 0 Å². The van der Waals surface area contributed by atoms with Gasteiger partial charge in [-0.2, -0.15) is 0 Å². The van der Waals surface area contributed by atoms with Crippen molar-refractivity contribution in [3.05, 3.63) is 59.2 Å². The highest BCUT2D eigenvalue weighted by molar-refractivity contribution is 6.09. The molecule has 1 amide bonds. The van der Waals surface area contributed by atoms with Crippen LogP contribution in [0.5, 0.6) is 0 Å². The normalized spacial score (nSPS) is 19.3. The Labute approximate surface area is 131 Å². The van der Waals surface area contributed by atoms with Gasteiger partial charge >= 0.3 is 0 Å². The van der Waals surface area contributed by atoms with Crippen LogP contribution in [0.1, 0.15) is 34.8 Å². The molecule has 112 valence electrons. The van der Waals surface area contributed by atoms with E-state index in [9.17, 15) is 4.79 Å². The van der Waals surface area contributed by atoms with Crippen molar-refractivity contribution < 1.29 is 4.79 Å². The summed E-state index contributed by atoms with van der Waals surface area (Å²) in [7, 11) is 0. The molecule has 0 bridgehead atoms. The number of fused-ring (bicyclic) bond motifs is 2. The summed E-state index contributed by atoms with van der Waals surface area (Å²) in [5.41, 5.74) is 5.49. The first kappa shape index (κ1) is 13.4. The Morgan fingerprint density at radius 2 is 2.05 bits per heavy atom. The van der Waals surface area contributed by atoms with Crippen molar-refractivity contribution in [1.29, 1.82) is 0 Å². The summed E-state index contributed by atoms with van der Waals surface area (Å²) in [6.07, 6.45) is 3.01. The van der Waals surface area contributed by atoms with Gasteiger partial charge in [-0.05, 0) is 55.5 Å². The molecule has 1 N–H and O–H groups in total. The Bertz CT molecular complexity index is 738. The monoisotopic (exact) mass is 292 g/mol. The van der Waals surface area contributed by atoms with Gasteiger partial charge in [0.1, 0.15) is 0 Å². The number of anilines is 2. The molecule has 2 aliphatic rings. The number of nitrogens with one attached hydrogen (secondary N) is 1. The first-order chi connectivity index (χ1) is 10.8. The van der Waals surface area contributed by atoms with Crippen LogP contribution >= 0.6 is 0 Å². The minimum Gasteiger partial charge on any atom is -0.385 e. The SMILES string of the molecule is CC1Cc2ccccc2N1C(=O)c1cccc2c1CCCN2. The van der Waals surface area contributed by atoms with Crippen LogP contribution < -0.4 is 10.2 Å². The van der Waals surface area contributed by atoms with Crippen molar-refractivity contribution >= 4 is 17.3 Å². The molecule has 3 heteroatoms. The van der Waals surface area contributed by atoms with E-state index < -0.39 is 0 Å². The second-order valence-corrected chi connectivity index (χ2v) is 6.22. The quantitative estimate of drug-likeness (QED) is 0.870. The summed E-state index contributed by atoms with van der Waals surface area (Å²) in [5, 5.41) is 3.41. The Hall–Kier alpha value is -2.29. The maximum absolute atomic E-state index is 13.2. The predicted molar refractivity (Wildman–Crippen MR) is 89.7 cm³/mol. The third-order valence-electron chi connectivity index (χ3n) is 4.75. The number of rotatable bonds is 1. The molecule has 0 spiro atoms. The lowest BCUT2D eigenvalue weighted by Crippen LogP contribution is -2.36. The molecule has 4 rings (SSSR count). The largest absolute Gasteiger partial charge is 0.385 e. The fraction of sp³-hybridized carbons (Fsp3) is 0.316. The third-order valence-corrected chi connectivity index (χ3v) is 4.75. The minimum atomic E-state index is 0.137. The number of hydrogen-bond donors (Lipinski definition) is 1. The molecule has 3 nitrogen and oxygen atoms in total. The number of para-hydroxylation sites is 1. The smallest absolute Gasteiger partial charge is 0.258 e. The van der Waals surface area contributed by atoms with Gasteiger partial charge in [0.25, 0.3) is 5.91 Å². The second-order valence-electron chi connectivity index (χ2n) is 6.22. The zero-order chi connectivity index (χ0) is 15.1. The van der Waals surface area contributed by atoms with Crippen molar-refractivity contribution in [3.8, 4) is 0 Å². The molecule has 22 heavy (non-hydrogen) atoms. The van der Waals surface area contributed by atoms with Gasteiger partial charge in [0.15, 0.2) is 0 Å². The zero-order valence-electron chi connectivity index (χ0n) is 12.8. The van der Waals surface area contributed by atoms with E-state index in [0.717, 1.165) is 42.7 Å². The number of carbonyl (C=O) groups is 1. The van der Waals surface area contributed by atoms with Crippen LogP contribution in [0.15, 0.2) is 42.5 Å². The molecule has 2 aromatic rings. The van der Waals surface area contributed by atoms with Gasteiger partial charge in [-0.25, -0.2) is 0 Å². The third kappa shape index (κ3) is 2.00. The Kier molecular flexibility index (Phi) is 3.14. The number of amides is 1. The Morgan fingerprint density at radius 1 is 1.18 bits per heavy atom. The van der Waals surface area contributed by atoms with E-state index in [1.807, 2.05) is 29.2 Å². The predicted octanol–water partition coefficient (Wildman–Crippen LogP) is 3.64. The first-order valence-corrected chi connectivity index (χ1v) is 8.03. The van der Waals surface area contributed by atoms with Gasteiger partial charge in [0.2, 0.25) is 0 Å². The van der Waals surface area contributed by atoms with E-state index in [-0.39, 0.29) is 11.9 Å². The summed E-state index contributed by atoms with van der Waals surface area (Å²) in [4.78, 5) is 15.2. The topological polar surface area (TPSA) is 32.3 Å². The molecular formula is C19H20N2O. The van der Waals surface area contributed by atoms with Crippen molar-refractivity contribution in [2.24, 2.45) is 0 Å². The van der Waals surface area contributed by atoms with E-state index in [1.165, 1.54) is 11.1 Å².